The van der Waals surface area contributed by atoms with Crippen LogP contribution in [0.4, 0.5) is 5.69 Å². The number of piperazine rings is 1. The molecule has 5 nitrogen and oxygen atoms in total. The summed E-state index contributed by atoms with van der Waals surface area (Å²) in [5.41, 5.74) is -0.113. The van der Waals surface area contributed by atoms with E-state index in [0.29, 0.717) is 11.4 Å². The summed E-state index contributed by atoms with van der Waals surface area (Å²) in [5, 5.41) is 2.87. The molecule has 1 aromatic rings. The van der Waals surface area contributed by atoms with Crippen LogP contribution >= 0.6 is 15.9 Å². The summed E-state index contributed by atoms with van der Waals surface area (Å²) in [6, 6.07) is 5.42. The van der Waals surface area contributed by atoms with Crippen LogP contribution in [-0.4, -0.2) is 31.0 Å². The maximum atomic E-state index is 12.8. The van der Waals surface area contributed by atoms with Gasteiger partial charge in [0.25, 0.3) is 5.91 Å². The van der Waals surface area contributed by atoms with Crippen molar-refractivity contribution in [2.24, 2.45) is 5.92 Å². The average molecular weight is 353 g/mol. The van der Waals surface area contributed by atoms with Crippen molar-refractivity contribution < 1.29 is 14.3 Å². The van der Waals surface area contributed by atoms with Gasteiger partial charge in [-0.15, -0.1) is 0 Å². The van der Waals surface area contributed by atoms with E-state index in [0.717, 1.165) is 17.3 Å². The summed E-state index contributed by atoms with van der Waals surface area (Å²) in [4.78, 5) is 26.4. The molecule has 1 heterocycles. The van der Waals surface area contributed by atoms with E-state index in [9.17, 15) is 9.59 Å². The van der Waals surface area contributed by atoms with Crippen LogP contribution in [0.15, 0.2) is 22.7 Å². The van der Waals surface area contributed by atoms with Crippen molar-refractivity contribution in [3.05, 3.63) is 22.7 Å². The van der Waals surface area contributed by atoms with E-state index < -0.39 is 5.54 Å². The minimum Gasteiger partial charge on any atom is -0.497 e. The van der Waals surface area contributed by atoms with Crippen molar-refractivity contribution >= 4 is 33.4 Å². The lowest BCUT2D eigenvalue weighted by Gasteiger charge is -2.40. The number of halogens is 1. The predicted octanol–water partition coefficient (Wildman–Crippen LogP) is 2.09. The molecule has 21 heavy (non-hydrogen) atoms. The second kappa shape index (κ2) is 5.02. The fraction of sp³-hybridized carbons (Fsp3) is 0.467. The number of ether oxygens (including phenoxy) is 1. The first-order chi connectivity index (χ1) is 9.94. The van der Waals surface area contributed by atoms with Crippen molar-refractivity contribution in [1.29, 1.82) is 0 Å². The van der Waals surface area contributed by atoms with Gasteiger partial charge < -0.3 is 15.0 Å². The number of carbonyl (C=O) groups excluding carboxylic acids is 2. The lowest BCUT2D eigenvalue weighted by molar-refractivity contribution is -0.136. The van der Waals surface area contributed by atoms with Crippen LogP contribution in [0, 0.1) is 5.92 Å². The Morgan fingerprint density at radius 1 is 1.33 bits per heavy atom. The maximum absolute atomic E-state index is 12.8. The number of rotatable bonds is 3. The number of carbonyl (C=O) groups is 2. The number of nitrogens with one attached hydrogen (secondary N) is 1. The highest BCUT2D eigenvalue weighted by Gasteiger charge is 2.52. The summed E-state index contributed by atoms with van der Waals surface area (Å²) >= 11 is 3.41. The lowest BCUT2D eigenvalue weighted by atomic mass is 9.91. The molecule has 2 aliphatic rings. The molecule has 0 spiro atoms. The third-order valence-corrected chi connectivity index (χ3v) is 4.65. The van der Waals surface area contributed by atoms with Crippen molar-refractivity contribution in [1.82, 2.24) is 5.32 Å². The molecule has 1 saturated carbocycles. The van der Waals surface area contributed by atoms with Crippen LogP contribution in [0.25, 0.3) is 0 Å². The fourth-order valence-corrected chi connectivity index (χ4v) is 3.31. The number of methoxy groups -OCH3 is 1. The zero-order valence-electron chi connectivity index (χ0n) is 12.0. The molecule has 0 bridgehead atoms. The fourth-order valence-electron chi connectivity index (χ4n) is 2.85. The summed E-state index contributed by atoms with van der Waals surface area (Å²) in [6.07, 6.45) is 1.97. The zero-order chi connectivity index (χ0) is 15.2. The molecule has 2 fully saturated rings. The van der Waals surface area contributed by atoms with Crippen molar-refractivity contribution in [2.45, 2.75) is 25.3 Å². The molecule has 1 aliphatic heterocycles. The predicted molar refractivity (Wildman–Crippen MR) is 82.3 cm³/mol. The molecule has 1 atom stereocenters. The van der Waals surface area contributed by atoms with Gasteiger partial charge in [-0.25, -0.2) is 0 Å². The van der Waals surface area contributed by atoms with Crippen LogP contribution in [0.2, 0.25) is 0 Å². The van der Waals surface area contributed by atoms with Gasteiger partial charge in [0.1, 0.15) is 17.8 Å². The molecule has 1 saturated heterocycles. The first kappa shape index (κ1) is 14.4. The van der Waals surface area contributed by atoms with Gasteiger partial charge in [-0.2, -0.15) is 0 Å². The van der Waals surface area contributed by atoms with Crippen LogP contribution < -0.4 is 15.0 Å². The number of amides is 2. The van der Waals surface area contributed by atoms with E-state index in [-0.39, 0.29) is 24.3 Å². The average Bonchev–Trinajstić information content (AvgIpc) is 3.26. The van der Waals surface area contributed by atoms with E-state index in [1.165, 1.54) is 0 Å². The van der Waals surface area contributed by atoms with E-state index in [1.54, 1.807) is 18.1 Å². The Kier molecular flexibility index (Phi) is 3.43. The molecule has 1 unspecified atom stereocenters. The van der Waals surface area contributed by atoms with Crippen LogP contribution in [0.5, 0.6) is 5.75 Å². The van der Waals surface area contributed by atoms with E-state index in [4.69, 9.17) is 4.74 Å². The smallest absolute Gasteiger partial charge is 0.253 e. The summed E-state index contributed by atoms with van der Waals surface area (Å²) in [6.45, 7) is 1.87. The SMILES string of the molecule is COc1cc(Br)cc(N2CC(=O)NC(C)(C3CC3)C2=O)c1. The molecule has 112 valence electrons. The van der Waals surface area contributed by atoms with E-state index in [2.05, 4.69) is 21.2 Å². The van der Waals surface area contributed by atoms with Crippen LogP contribution in [-0.2, 0) is 9.59 Å². The largest absolute Gasteiger partial charge is 0.497 e. The third kappa shape index (κ3) is 2.52. The van der Waals surface area contributed by atoms with Crippen molar-refractivity contribution in [3.63, 3.8) is 0 Å². The number of benzene rings is 1. The van der Waals surface area contributed by atoms with Crippen LogP contribution in [0.1, 0.15) is 19.8 Å². The summed E-state index contributed by atoms with van der Waals surface area (Å²) < 4.78 is 6.04. The second-order valence-corrected chi connectivity index (χ2v) is 6.68. The molecule has 1 N–H and O–H groups in total. The highest BCUT2D eigenvalue weighted by molar-refractivity contribution is 9.10. The molecule has 2 amide bonds. The van der Waals surface area contributed by atoms with E-state index >= 15 is 0 Å². The Bertz CT molecular complexity index is 615. The molecular weight excluding hydrogens is 336 g/mol. The Morgan fingerprint density at radius 3 is 2.67 bits per heavy atom. The molecule has 3 rings (SSSR count). The Balaban J connectivity index is 1.98. The monoisotopic (exact) mass is 352 g/mol. The molecule has 1 aromatic carbocycles. The van der Waals surface area contributed by atoms with Gasteiger partial charge in [0.05, 0.1) is 7.11 Å². The van der Waals surface area contributed by atoms with E-state index in [1.807, 2.05) is 19.1 Å². The van der Waals surface area contributed by atoms with Gasteiger partial charge in [-0.3, -0.25) is 9.59 Å². The van der Waals surface area contributed by atoms with Gasteiger partial charge in [0, 0.05) is 16.2 Å². The normalized spacial score (nSPS) is 25.8. The standard InChI is InChI=1S/C15H17BrN2O3/c1-15(9-3-4-9)14(20)18(8-13(19)17-15)11-5-10(16)6-12(7-11)21-2/h5-7,9H,3-4,8H2,1-2H3,(H,17,19). The minimum atomic E-state index is -0.787. The van der Waals surface area contributed by atoms with Gasteiger partial charge in [0.2, 0.25) is 5.91 Å². The molecule has 6 heteroatoms. The Labute approximate surface area is 131 Å². The number of hydrogen-bond donors (Lipinski definition) is 1. The van der Waals surface area contributed by atoms with Crippen LogP contribution in [0.3, 0.4) is 0 Å². The molecule has 0 aromatic heterocycles. The molecule has 1 aliphatic carbocycles. The Morgan fingerprint density at radius 2 is 2.05 bits per heavy atom. The minimum absolute atomic E-state index is 0.0424. The quantitative estimate of drug-likeness (QED) is 0.905. The number of hydrogen-bond acceptors (Lipinski definition) is 3. The van der Waals surface area contributed by atoms with Gasteiger partial charge >= 0.3 is 0 Å². The number of nitrogens with zero attached hydrogens (tertiary/aromatic N) is 1. The van der Waals surface area contributed by atoms with Crippen molar-refractivity contribution in [2.75, 3.05) is 18.6 Å². The lowest BCUT2D eigenvalue weighted by Crippen LogP contribution is -2.66. The zero-order valence-corrected chi connectivity index (χ0v) is 13.6. The summed E-state index contributed by atoms with van der Waals surface area (Å²) in [5.74, 6) is 0.713. The maximum Gasteiger partial charge on any atom is 0.253 e. The highest BCUT2D eigenvalue weighted by atomic mass is 79.9. The third-order valence-electron chi connectivity index (χ3n) is 4.19. The topological polar surface area (TPSA) is 58.6 Å². The first-order valence-electron chi connectivity index (χ1n) is 6.91. The van der Waals surface area contributed by atoms with Crippen molar-refractivity contribution in [3.8, 4) is 5.75 Å². The molecular formula is C15H17BrN2O3. The van der Waals surface area contributed by atoms with Gasteiger partial charge in [-0.05, 0) is 37.8 Å². The first-order valence-corrected chi connectivity index (χ1v) is 7.71. The Hall–Kier alpha value is -1.56. The number of anilines is 1. The van der Waals surface area contributed by atoms with Gasteiger partial charge in [0.15, 0.2) is 0 Å². The summed E-state index contributed by atoms with van der Waals surface area (Å²) in [7, 11) is 1.57. The molecule has 0 radical (unpaired) electrons. The highest BCUT2D eigenvalue weighted by Crippen LogP contribution is 2.42. The second-order valence-electron chi connectivity index (χ2n) is 5.77. The van der Waals surface area contributed by atoms with Gasteiger partial charge in [-0.1, -0.05) is 15.9 Å².